The monoisotopic (exact) mass is 240 g/mol. The molecule has 1 saturated carbocycles. The van der Waals surface area contributed by atoms with Crippen LogP contribution >= 0.6 is 0 Å². The lowest BCUT2D eigenvalue weighted by molar-refractivity contribution is 0.312. The summed E-state index contributed by atoms with van der Waals surface area (Å²) >= 11 is 0. The van der Waals surface area contributed by atoms with Crippen molar-refractivity contribution in [3.05, 3.63) is 0 Å². The van der Waals surface area contributed by atoms with E-state index in [9.17, 15) is 0 Å². The Balaban J connectivity index is 2.19. The normalized spacial score (nSPS) is 18.6. The minimum atomic E-state index is 0.556. The first-order valence-electron chi connectivity index (χ1n) is 7.05. The van der Waals surface area contributed by atoms with Gasteiger partial charge in [0, 0.05) is 12.6 Å². The standard InChI is InChI=1S/C13H28N4/c1-3-17(4-2)11-10-15-13(14)16-12-8-6-5-7-9-12/h12H,3-11H2,1-2H3,(H3,14,15,16). The quantitative estimate of drug-likeness (QED) is 0.547. The third-order valence-corrected chi connectivity index (χ3v) is 3.55. The molecule has 1 aliphatic carbocycles. The van der Waals surface area contributed by atoms with Gasteiger partial charge in [0.1, 0.15) is 0 Å². The number of rotatable bonds is 6. The molecule has 0 bridgehead atoms. The Kier molecular flexibility index (Phi) is 7.01. The van der Waals surface area contributed by atoms with Crippen molar-refractivity contribution in [2.24, 2.45) is 10.7 Å². The molecule has 0 saturated heterocycles. The molecule has 0 atom stereocenters. The molecule has 0 aromatic rings. The van der Waals surface area contributed by atoms with Gasteiger partial charge in [0.2, 0.25) is 0 Å². The SMILES string of the molecule is CCN(CC)CCN=C(N)NC1CCCCC1. The van der Waals surface area contributed by atoms with Gasteiger partial charge in [-0.15, -0.1) is 0 Å². The molecule has 0 amide bonds. The number of nitrogens with two attached hydrogens (primary N) is 1. The molecule has 0 spiro atoms. The van der Waals surface area contributed by atoms with E-state index in [1.165, 1.54) is 32.1 Å². The molecule has 1 fully saturated rings. The topological polar surface area (TPSA) is 53.6 Å². The summed E-state index contributed by atoms with van der Waals surface area (Å²) in [6.45, 7) is 8.32. The van der Waals surface area contributed by atoms with Crippen molar-refractivity contribution in [3.8, 4) is 0 Å². The summed E-state index contributed by atoms with van der Waals surface area (Å²) < 4.78 is 0. The Labute approximate surface area is 106 Å². The highest BCUT2D eigenvalue weighted by Crippen LogP contribution is 2.16. The molecule has 0 aromatic heterocycles. The van der Waals surface area contributed by atoms with E-state index in [0.717, 1.165) is 26.2 Å². The fraction of sp³-hybridized carbons (Fsp3) is 0.923. The molecule has 0 unspecified atom stereocenters. The highest BCUT2D eigenvalue weighted by Gasteiger charge is 2.13. The molecule has 1 rings (SSSR count). The Morgan fingerprint density at radius 1 is 1.24 bits per heavy atom. The van der Waals surface area contributed by atoms with Gasteiger partial charge >= 0.3 is 0 Å². The van der Waals surface area contributed by atoms with Crippen LogP contribution in [-0.4, -0.2) is 43.1 Å². The van der Waals surface area contributed by atoms with E-state index in [4.69, 9.17) is 5.73 Å². The molecule has 3 N–H and O–H groups in total. The summed E-state index contributed by atoms with van der Waals surface area (Å²) in [7, 11) is 0. The second kappa shape index (κ2) is 8.34. The van der Waals surface area contributed by atoms with Crippen LogP contribution in [0.1, 0.15) is 46.0 Å². The lowest BCUT2D eigenvalue weighted by atomic mass is 9.96. The van der Waals surface area contributed by atoms with Crippen molar-refractivity contribution in [2.45, 2.75) is 52.0 Å². The Morgan fingerprint density at radius 3 is 2.47 bits per heavy atom. The van der Waals surface area contributed by atoms with Crippen LogP contribution in [0.25, 0.3) is 0 Å². The van der Waals surface area contributed by atoms with Gasteiger partial charge in [-0.2, -0.15) is 0 Å². The largest absolute Gasteiger partial charge is 0.370 e. The van der Waals surface area contributed by atoms with E-state index in [2.05, 4.69) is 29.1 Å². The summed E-state index contributed by atoms with van der Waals surface area (Å²) in [5, 5.41) is 3.34. The second-order valence-corrected chi connectivity index (χ2v) is 4.77. The summed E-state index contributed by atoms with van der Waals surface area (Å²) in [5.74, 6) is 0.629. The first kappa shape index (κ1) is 14.3. The maximum absolute atomic E-state index is 5.89. The van der Waals surface area contributed by atoms with Gasteiger partial charge < -0.3 is 16.0 Å². The van der Waals surface area contributed by atoms with Crippen LogP contribution in [0.4, 0.5) is 0 Å². The second-order valence-electron chi connectivity index (χ2n) is 4.77. The van der Waals surface area contributed by atoms with Crippen LogP contribution in [0.3, 0.4) is 0 Å². The van der Waals surface area contributed by atoms with Crippen molar-refractivity contribution >= 4 is 5.96 Å². The van der Waals surface area contributed by atoms with Gasteiger partial charge in [0.05, 0.1) is 6.54 Å². The first-order valence-corrected chi connectivity index (χ1v) is 7.05. The van der Waals surface area contributed by atoms with Gasteiger partial charge in [-0.3, -0.25) is 4.99 Å². The molecule has 4 heteroatoms. The molecule has 100 valence electrons. The van der Waals surface area contributed by atoms with E-state index in [0.29, 0.717) is 12.0 Å². The maximum atomic E-state index is 5.89. The van der Waals surface area contributed by atoms with E-state index in [1.807, 2.05) is 0 Å². The van der Waals surface area contributed by atoms with Gasteiger partial charge in [-0.05, 0) is 25.9 Å². The Hall–Kier alpha value is -0.770. The molecule has 0 heterocycles. The highest BCUT2D eigenvalue weighted by atomic mass is 15.1. The molecule has 0 radical (unpaired) electrons. The molecule has 1 aliphatic rings. The zero-order chi connectivity index (χ0) is 12.5. The molecular formula is C13H28N4. The van der Waals surface area contributed by atoms with E-state index >= 15 is 0 Å². The number of hydrogen-bond acceptors (Lipinski definition) is 2. The molecule has 0 aliphatic heterocycles. The summed E-state index contributed by atoms with van der Waals surface area (Å²) in [5.41, 5.74) is 5.89. The average molecular weight is 240 g/mol. The number of aliphatic imine (C=N–C) groups is 1. The van der Waals surface area contributed by atoms with E-state index in [-0.39, 0.29) is 0 Å². The Bertz CT molecular complexity index is 217. The minimum Gasteiger partial charge on any atom is -0.370 e. The summed E-state index contributed by atoms with van der Waals surface area (Å²) in [6, 6.07) is 0.556. The predicted octanol–water partition coefficient (Wildman–Crippen LogP) is 1.57. The fourth-order valence-corrected chi connectivity index (χ4v) is 2.35. The minimum absolute atomic E-state index is 0.556. The van der Waals surface area contributed by atoms with Crippen molar-refractivity contribution < 1.29 is 0 Å². The number of guanidine groups is 1. The third-order valence-electron chi connectivity index (χ3n) is 3.55. The van der Waals surface area contributed by atoms with Crippen molar-refractivity contribution in [1.29, 1.82) is 0 Å². The van der Waals surface area contributed by atoms with E-state index in [1.54, 1.807) is 0 Å². The fourth-order valence-electron chi connectivity index (χ4n) is 2.35. The molecule has 0 aromatic carbocycles. The summed E-state index contributed by atoms with van der Waals surface area (Å²) in [4.78, 5) is 6.75. The third kappa shape index (κ3) is 5.91. The zero-order valence-corrected chi connectivity index (χ0v) is 11.4. The van der Waals surface area contributed by atoms with Crippen LogP contribution in [-0.2, 0) is 0 Å². The smallest absolute Gasteiger partial charge is 0.188 e. The van der Waals surface area contributed by atoms with Gasteiger partial charge in [-0.1, -0.05) is 33.1 Å². The number of hydrogen-bond donors (Lipinski definition) is 2. The van der Waals surface area contributed by atoms with Gasteiger partial charge in [0.15, 0.2) is 5.96 Å². The van der Waals surface area contributed by atoms with Crippen LogP contribution in [0.5, 0.6) is 0 Å². The van der Waals surface area contributed by atoms with E-state index < -0.39 is 0 Å². The van der Waals surface area contributed by atoms with Gasteiger partial charge in [0.25, 0.3) is 0 Å². The Morgan fingerprint density at radius 2 is 1.88 bits per heavy atom. The molecular weight excluding hydrogens is 212 g/mol. The van der Waals surface area contributed by atoms with Crippen molar-refractivity contribution in [1.82, 2.24) is 10.2 Å². The van der Waals surface area contributed by atoms with Gasteiger partial charge in [-0.25, -0.2) is 0 Å². The first-order chi connectivity index (χ1) is 8.26. The lowest BCUT2D eigenvalue weighted by Gasteiger charge is -2.23. The van der Waals surface area contributed by atoms with Crippen LogP contribution in [0, 0.1) is 0 Å². The van der Waals surface area contributed by atoms with Crippen LogP contribution in [0.15, 0.2) is 4.99 Å². The molecule has 4 nitrogen and oxygen atoms in total. The van der Waals surface area contributed by atoms with Crippen LogP contribution in [0.2, 0.25) is 0 Å². The maximum Gasteiger partial charge on any atom is 0.188 e. The number of nitrogens with zero attached hydrogens (tertiary/aromatic N) is 2. The lowest BCUT2D eigenvalue weighted by Crippen LogP contribution is -2.41. The highest BCUT2D eigenvalue weighted by molar-refractivity contribution is 5.78. The summed E-state index contributed by atoms with van der Waals surface area (Å²) in [6.07, 6.45) is 6.50. The number of nitrogens with one attached hydrogen (secondary N) is 1. The van der Waals surface area contributed by atoms with Crippen LogP contribution < -0.4 is 11.1 Å². The number of likely N-dealkylation sites (N-methyl/N-ethyl adjacent to an activating group) is 1. The van der Waals surface area contributed by atoms with Crippen molar-refractivity contribution in [3.63, 3.8) is 0 Å². The van der Waals surface area contributed by atoms with Crippen molar-refractivity contribution in [2.75, 3.05) is 26.2 Å². The predicted molar refractivity (Wildman–Crippen MR) is 74.3 cm³/mol. The average Bonchev–Trinajstić information content (AvgIpc) is 2.36. The zero-order valence-electron chi connectivity index (χ0n) is 11.4. The molecule has 17 heavy (non-hydrogen) atoms.